The Kier molecular flexibility index (Phi) is 6.47. The molecular weight excluding hydrogens is 412 g/mol. The van der Waals surface area contributed by atoms with Crippen LogP contribution in [0.2, 0.25) is 0 Å². The monoisotopic (exact) mass is 436 g/mol. The Morgan fingerprint density at radius 3 is 2.48 bits per heavy atom. The number of aromatic nitrogens is 1. The lowest BCUT2D eigenvalue weighted by atomic mass is 10.2. The van der Waals surface area contributed by atoms with E-state index in [1.807, 2.05) is 52.7 Å². The van der Waals surface area contributed by atoms with Crippen LogP contribution in [0.15, 0.2) is 60.0 Å². The zero-order valence-corrected chi connectivity index (χ0v) is 18.1. The highest BCUT2D eigenvalue weighted by Crippen LogP contribution is 2.28. The number of amides is 2. The number of para-hydroxylation sites is 2. The smallest absolute Gasteiger partial charge is 0.257 e. The van der Waals surface area contributed by atoms with Crippen molar-refractivity contribution < 1.29 is 14.3 Å². The molecule has 1 aliphatic heterocycles. The Morgan fingerprint density at radius 2 is 1.74 bits per heavy atom. The first kappa shape index (κ1) is 20.9. The van der Waals surface area contributed by atoms with Gasteiger partial charge in [0.2, 0.25) is 5.91 Å². The van der Waals surface area contributed by atoms with E-state index in [4.69, 9.17) is 4.74 Å². The average molecular weight is 437 g/mol. The second-order valence-electron chi connectivity index (χ2n) is 7.18. The second kappa shape index (κ2) is 9.61. The Balaban J connectivity index is 1.30. The van der Waals surface area contributed by atoms with E-state index in [2.05, 4.69) is 15.2 Å². The van der Waals surface area contributed by atoms with Gasteiger partial charge in [-0.3, -0.25) is 14.9 Å². The van der Waals surface area contributed by atoms with Crippen LogP contribution in [0, 0.1) is 0 Å². The Hall–Kier alpha value is -3.39. The van der Waals surface area contributed by atoms with Crippen LogP contribution < -0.4 is 15.0 Å². The summed E-state index contributed by atoms with van der Waals surface area (Å²) in [5.74, 6) is 0.682. The summed E-state index contributed by atoms with van der Waals surface area (Å²) in [7, 11) is 1.67. The lowest BCUT2D eigenvalue weighted by Crippen LogP contribution is -2.49. The molecule has 3 aromatic rings. The number of rotatable bonds is 6. The first-order valence-electron chi connectivity index (χ1n) is 10.1. The summed E-state index contributed by atoms with van der Waals surface area (Å²) in [6, 6.07) is 16.9. The molecule has 1 fully saturated rings. The molecule has 0 radical (unpaired) electrons. The number of nitrogens with zero attached hydrogens (tertiary/aromatic N) is 3. The average Bonchev–Trinajstić information content (AvgIpc) is 3.26. The number of hydrogen-bond donors (Lipinski definition) is 1. The fraction of sp³-hybridized carbons (Fsp3) is 0.261. The summed E-state index contributed by atoms with van der Waals surface area (Å²) in [4.78, 5) is 33.5. The largest absolute Gasteiger partial charge is 0.495 e. The lowest BCUT2D eigenvalue weighted by Gasteiger charge is -2.36. The maximum absolute atomic E-state index is 12.7. The Morgan fingerprint density at radius 1 is 1.03 bits per heavy atom. The van der Waals surface area contributed by atoms with E-state index in [0.717, 1.165) is 24.5 Å². The molecule has 0 spiro atoms. The highest BCUT2D eigenvalue weighted by atomic mass is 32.1. The minimum absolute atomic E-state index is 0.0471. The van der Waals surface area contributed by atoms with Crippen LogP contribution in [-0.4, -0.2) is 55.0 Å². The summed E-state index contributed by atoms with van der Waals surface area (Å²) in [6.45, 7) is 2.81. The predicted octanol–water partition coefficient (Wildman–Crippen LogP) is 3.30. The molecule has 7 nitrogen and oxygen atoms in total. The van der Waals surface area contributed by atoms with Crippen LogP contribution in [0.4, 0.5) is 10.8 Å². The standard InChI is InChI=1S/C23H24N4O3S/c1-30-20-10-6-5-9-19(20)26-11-13-27(14-12-26)21(28)15-18-16-31-23(24-18)25-22(29)17-7-3-2-4-8-17/h2-10,16H,11-15H2,1H3,(H,24,25,29). The topological polar surface area (TPSA) is 74.8 Å². The van der Waals surface area contributed by atoms with Gasteiger partial charge < -0.3 is 14.5 Å². The van der Waals surface area contributed by atoms with Gasteiger partial charge in [-0.2, -0.15) is 0 Å². The maximum atomic E-state index is 12.7. The van der Waals surface area contributed by atoms with Gasteiger partial charge in [0.25, 0.3) is 5.91 Å². The molecule has 0 bridgehead atoms. The van der Waals surface area contributed by atoms with Crippen LogP contribution in [-0.2, 0) is 11.2 Å². The molecule has 8 heteroatoms. The first-order valence-corrected chi connectivity index (χ1v) is 11.0. The molecule has 160 valence electrons. The fourth-order valence-electron chi connectivity index (χ4n) is 3.56. The van der Waals surface area contributed by atoms with Crippen LogP contribution in [0.1, 0.15) is 16.1 Å². The number of carbonyl (C=O) groups excluding carboxylic acids is 2. The summed E-state index contributed by atoms with van der Waals surface area (Å²) in [5, 5.41) is 5.11. The van der Waals surface area contributed by atoms with Gasteiger partial charge in [0.15, 0.2) is 5.13 Å². The van der Waals surface area contributed by atoms with E-state index >= 15 is 0 Å². The Labute approximate surface area is 185 Å². The lowest BCUT2D eigenvalue weighted by molar-refractivity contribution is -0.130. The molecule has 0 aliphatic carbocycles. The number of carbonyl (C=O) groups is 2. The number of nitrogens with one attached hydrogen (secondary N) is 1. The van der Waals surface area contributed by atoms with Crippen molar-refractivity contribution in [2.75, 3.05) is 43.5 Å². The fourth-order valence-corrected chi connectivity index (χ4v) is 4.26. The predicted molar refractivity (Wildman–Crippen MR) is 122 cm³/mol. The molecule has 1 N–H and O–H groups in total. The van der Waals surface area contributed by atoms with E-state index < -0.39 is 0 Å². The first-order chi connectivity index (χ1) is 15.1. The number of piperazine rings is 1. The minimum atomic E-state index is -0.208. The summed E-state index contributed by atoms with van der Waals surface area (Å²) in [6.07, 6.45) is 0.229. The molecule has 2 aromatic carbocycles. The van der Waals surface area contributed by atoms with Crippen molar-refractivity contribution in [3.8, 4) is 5.75 Å². The van der Waals surface area contributed by atoms with Gasteiger partial charge in [-0.1, -0.05) is 30.3 Å². The minimum Gasteiger partial charge on any atom is -0.495 e. The number of hydrogen-bond acceptors (Lipinski definition) is 6. The van der Waals surface area contributed by atoms with E-state index in [1.165, 1.54) is 11.3 Å². The number of ether oxygens (including phenoxy) is 1. The van der Waals surface area contributed by atoms with Crippen LogP contribution >= 0.6 is 11.3 Å². The van der Waals surface area contributed by atoms with Crippen molar-refractivity contribution in [3.05, 3.63) is 71.2 Å². The summed E-state index contributed by atoms with van der Waals surface area (Å²) < 4.78 is 5.45. The maximum Gasteiger partial charge on any atom is 0.257 e. The SMILES string of the molecule is COc1ccccc1N1CCN(C(=O)Cc2csc(NC(=O)c3ccccc3)n2)CC1. The summed E-state index contributed by atoms with van der Waals surface area (Å²) >= 11 is 1.33. The van der Waals surface area contributed by atoms with E-state index in [9.17, 15) is 9.59 Å². The van der Waals surface area contributed by atoms with E-state index in [-0.39, 0.29) is 18.2 Å². The van der Waals surface area contributed by atoms with Crippen molar-refractivity contribution in [3.63, 3.8) is 0 Å². The molecule has 2 amide bonds. The molecular formula is C23H24N4O3S. The quantitative estimate of drug-likeness (QED) is 0.642. The number of thiazole rings is 1. The molecule has 0 unspecified atom stereocenters. The van der Waals surface area contributed by atoms with Crippen molar-refractivity contribution >= 4 is 34.0 Å². The second-order valence-corrected chi connectivity index (χ2v) is 8.04. The van der Waals surface area contributed by atoms with Crippen LogP contribution in [0.5, 0.6) is 5.75 Å². The molecule has 31 heavy (non-hydrogen) atoms. The third kappa shape index (κ3) is 5.03. The van der Waals surface area contributed by atoms with E-state index in [0.29, 0.717) is 29.5 Å². The molecule has 1 aliphatic rings. The molecule has 4 rings (SSSR count). The van der Waals surface area contributed by atoms with E-state index in [1.54, 1.807) is 19.2 Å². The van der Waals surface area contributed by atoms with Gasteiger partial charge in [0.05, 0.1) is 24.9 Å². The third-order valence-electron chi connectivity index (χ3n) is 5.20. The zero-order chi connectivity index (χ0) is 21.6. The van der Waals surface area contributed by atoms with Crippen molar-refractivity contribution in [2.24, 2.45) is 0 Å². The normalized spacial score (nSPS) is 13.7. The third-order valence-corrected chi connectivity index (χ3v) is 6.01. The van der Waals surface area contributed by atoms with Gasteiger partial charge in [-0.15, -0.1) is 11.3 Å². The van der Waals surface area contributed by atoms with Gasteiger partial charge in [0.1, 0.15) is 5.75 Å². The molecule has 1 saturated heterocycles. The Bertz CT molecular complexity index is 1050. The summed E-state index contributed by atoms with van der Waals surface area (Å²) in [5.41, 5.74) is 2.30. The van der Waals surface area contributed by atoms with Gasteiger partial charge in [-0.05, 0) is 24.3 Å². The molecule has 2 heterocycles. The zero-order valence-electron chi connectivity index (χ0n) is 17.3. The number of methoxy groups -OCH3 is 1. The van der Waals surface area contributed by atoms with Crippen molar-refractivity contribution in [2.45, 2.75) is 6.42 Å². The molecule has 1 aromatic heterocycles. The van der Waals surface area contributed by atoms with Gasteiger partial charge in [0, 0.05) is 37.1 Å². The molecule has 0 saturated carbocycles. The van der Waals surface area contributed by atoms with Crippen LogP contribution in [0.25, 0.3) is 0 Å². The number of anilines is 2. The van der Waals surface area contributed by atoms with Crippen molar-refractivity contribution in [1.82, 2.24) is 9.88 Å². The van der Waals surface area contributed by atoms with Crippen molar-refractivity contribution in [1.29, 1.82) is 0 Å². The number of benzene rings is 2. The molecule has 0 atom stereocenters. The van der Waals surface area contributed by atoms with Gasteiger partial charge in [-0.25, -0.2) is 4.98 Å². The highest BCUT2D eigenvalue weighted by Gasteiger charge is 2.23. The van der Waals surface area contributed by atoms with Crippen LogP contribution in [0.3, 0.4) is 0 Å². The highest BCUT2D eigenvalue weighted by molar-refractivity contribution is 7.14. The van der Waals surface area contributed by atoms with Gasteiger partial charge >= 0.3 is 0 Å².